The molecule has 0 fully saturated rings. The summed E-state index contributed by atoms with van der Waals surface area (Å²) in [6.45, 7) is 2.01. The minimum absolute atomic E-state index is 0.280. The number of esters is 1. The molecule has 0 radical (unpaired) electrons. The van der Waals surface area contributed by atoms with Crippen LogP contribution in [0.25, 0.3) is 0 Å². The molecule has 1 heterocycles. The molecular formula is C23H18F3N3O2. The minimum Gasteiger partial charge on any atom is -0.462 e. The molecule has 3 aromatic rings. The van der Waals surface area contributed by atoms with E-state index in [1.54, 1.807) is 31.2 Å². The molecule has 0 bridgehead atoms. The molecule has 2 aromatic carbocycles. The molecule has 0 spiro atoms. The molecule has 8 heteroatoms. The molecule has 1 atom stereocenters. The summed E-state index contributed by atoms with van der Waals surface area (Å²) in [6.07, 6.45) is -1.57. The average Bonchev–Trinajstić information content (AvgIpc) is 2.77. The number of hydrogen-bond donors (Lipinski definition) is 1. The second-order valence-electron chi connectivity index (χ2n) is 6.47. The fourth-order valence-electron chi connectivity index (χ4n) is 2.76. The molecule has 0 aliphatic carbocycles. The van der Waals surface area contributed by atoms with Crippen LogP contribution in [0.15, 0.2) is 61.1 Å². The highest BCUT2D eigenvalue weighted by atomic mass is 19.4. The van der Waals surface area contributed by atoms with E-state index < -0.39 is 23.8 Å². The van der Waals surface area contributed by atoms with Crippen LogP contribution in [0.5, 0.6) is 0 Å². The summed E-state index contributed by atoms with van der Waals surface area (Å²) in [5.74, 6) is 5.26. The van der Waals surface area contributed by atoms with Crippen LogP contribution in [-0.2, 0) is 10.9 Å². The number of aromatic nitrogens is 2. The van der Waals surface area contributed by atoms with E-state index in [9.17, 15) is 18.0 Å². The highest BCUT2D eigenvalue weighted by molar-refractivity contribution is 5.89. The number of nitrogens with two attached hydrogens (primary N) is 1. The Labute approximate surface area is 177 Å². The van der Waals surface area contributed by atoms with Gasteiger partial charge in [-0.3, -0.25) is 0 Å². The van der Waals surface area contributed by atoms with E-state index in [0.29, 0.717) is 27.9 Å². The van der Waals surface area contributed by atoms with E-state index in [0.717, 1.165) is 12.1 Å². The van der Waals surface area contributed by atoms with Crippen molar-refractivity contribution in [1.29, 1.82) is 0 Å². The van der Waals surface area contributed by atoms with Crippen LogP contribution in [0.3, 0.4) is 0 Å². The number of benzene rings is 2. The van der Waals surface area contributed by atoms with Crippen LogP contribution >= 0.6 is 0 Å². The van der Waals surface area contributed by atoms with Gasteiger partial charge in [-0.25, -0.2) is 14.8 Å². The summed E-state index contributed by atoms with van der Waals surface area (Å²) in [5.41, 5.74) is 8.02. The summed E-state index contributed by atoms with van der Waals surface area (Å²) in [5, 5.41) is 0. The second kappa shape index (κ2) is 9.41. The van der Waals surface area contributed by atoms with Crippen molar-refractivity contribution in [3.63, 3.8) is 0 Å². The quantitative estimate of drug-likeness (QED) is 0.503. The molecular weight excluding hydrogens is 407 g/mol. The van der Waals surface area contributed by atoms with Gasteiger partial charge in [-0.2, -0.15) is 13.2 Å². The first kappa shape index (κ1) is 22.0. The molecule has 0 amide bonds. The van der Waals surface area contributed by atoms with Crippen molar-refractivity contribution >= 4 is 5.97 Å². The van der Waals surface area contributed by atoms with E-state index in [-0.39, 0.29) is 6.61 Å². The molecule has 3 rings (SSSR count). The third-order valence-corrected chi connectivity index (χ3v) is 4.37. The van der Waals surface area contributed by atoms with Crippen molar-refractivity contribution in [3.8, 4) is 11.8 Å². The first-order valence-electron chi connectivity index (χ1n) is 9.31. The van der Waals surface area contributed by atoms with E-state index in [2.05, 4.69) is 21.8 Å². The Morgan fingerprint density at radius 1 is 1.10 bits per heavy atom. The molecule has 31 heavy (non-hydrogen) atoms. The number of hydrogen-bond acceptors (Lipinski definition) is 5. The average molecular weight is 425 g/mol. The molecule has 1 aromatic heterocycles. The number of halogens is 3. The van der Waals surface area contributed by atoms with Gasteiger partial charge in [0.15, 0.2) is 0 Å². The molecule has 2 N–H and O–H groups in total. The fraction of sp³-hybridized carbons (Fsp3) is 0.174. The van der Waals surface area contributed by atoms with Crippen molar-refractivity contribution < 1.29 is 22.7 Å². The van der Waals surface area contributed by atoms with Gasteiger partial charge in [-0.15, -0.1) is 0 Å². The summed E-state index contributed by atoms with van der Waals surface area (Å²) < 4.78 is 43.0. The Kier molecular flexibility index (Phi) is 6.68. The maximum absolute atomic E-state index is 12.7. The lowest BCUT2D eigenvalue weighted by molar-refractivity contribution is -0.137. The van der Waals surface area contributed by atoms with E-state index in [1.807, 2.05) is 0 Å². The summed E-state index contributed by atoms with van der Waals surface area (Å²) in [4.78, 5) is 20.0. The predicted octanol–water partition coefficient (Wildman–Crippen LogP) is 4.12. The fourth-order valence-corrected chi connectivity index (χ4v) is 2.76. The Morgan fingerprint density at radius 2 is 1.77 bits per heavy atom. The Hall–Kier alpha value is -3.70. The molecule has 0 saturated carbocycles. The first-order valence-corrected chi connectivity index (χ1v) is 9.31. The molecule has 0 saturated heterocycles. The molecule has 158 valence electrons. The summed E-state index contributed by atoms with van der Waals surface area (Å²) in [7, 11) is 0. The standard InChI is InChI=1S/C23H18F3N3O2/c1-2-31-22(30)17-9-7-16(8-10-17)20(27)21-18(13-28-14-29-21)6-3-15-4-11-19(12-5-15)23(24,25)26/h4-5,7-14,20H,2,27H2,1H3. The molecule has 1 unspecified atom stereocenters. The van der Waals surface area contributed by atoms with Gasteiger partial charge >= 0.3 is 12.1 Å². The molecule has 5 nitrogen and oxygen atoms in total. The second-order valence-corrected chi connectivity index (χ2v) is 6.47. The zero-order valence-corrected chi connectivity index (χ0v) is 16.5. The topological polar surface area (TPSA) is 78.1 Å². The predicted molar refractivity (Wildman–Crippen MR) is 108 cm³/mol. The largest absolute Gasteiger partial charge is 0.462 e. The Balaban J connectivity index is 1.84. The van der Waals surface area contributed by atoms with Gasteiger partial charge in [0.1, 0.15) is 6.33 Å². The Bertz CT molecular complexity index is 1120. The molecule has 0 aliphatic heterocycles. The van der Waals surface area contributed by atoms with Gasteiger partial charge in [-0.1, -0.05) is 24.0 Å². The number of nitrogens with zero attached hydrogens (tertiary/aromatic N) is 2. The van der Waals surface area contributed by atoms with Crippen LogP contribution in [0.4, 0.5) is 13.2 Å². The zero-order chi connectivity index (χ0) is 22.4. The van der Waals surface area contributed by atoms with E-state index in [4.69, 9.17) is 10.5 Å². The van der Waals surface area contributed by atoms with Crippen LogP contribution in [0.1, 0.15) is 51.3 Å². The lowest BCUT2D eigenvalue weighted by Crippen LogP contribution is -2.16. The van der Waals surface area contributed by atoms with E-state index >= 15 is 0 Å². The van der Waals surface area contributed by atoms with Crippen molar-refractivity contribution in [2.75, 3.05) is 6.61 Å². The van der Waals surface area contributed by atoms with Crippen LogP contribution in [-0.4, -0.2) is 22.5 Å². The van der Waals surface area contributed by atoms with Gasteiger partial charge in [0.05, 0.1) is 35.0 Å². The van der Waals surface area contributed by atoms with E-state index in [1.165, 1.54) is 24.7 Å². The summed E-state index contributed by atoms with van der Waals surface area (Å²) in [6, 6.07) is 10.5. The minimum atomic E-state index is -4.40. The van der Waals surface area contributed by atoms with Crippen molar-refractivity contribution in [2.24, 2.45) is 5.73 Å². The number of alkyl halides is 3. The first-order chi connectivity index (χ1) is 14.8. The number of carbonyl (C=O) groups excluding carboxylic acids is 1. The van der Waals surface area contributed by atoms with Crippen molar-refractivity contribution in [1.82, 2.24) is 9.97 Å². The van der Waals surface area contributed by atoms with Gasteiger partial charge in [0.25, 0.3) is 0 Å². The number of rotatable bonds is 4. The monoisotopic (exact) mass is 425 g/mol. The number of carbonyl (C=O) groups is 1. The maximum Gasteiger partial charge on any atom is 0.416 e. The smallest absolute Gasteiger partial charge is 0.416 e. The molecule has 0 aliphatic rings. The highest BCUT2D eigenvalue weighted by Gasteiger charge is 2.29. The van der Waals surface area contributed by atoms with Crippen LogP contribution in [0, 0.1) is 11.8 Å². The van der Waals surface area contributed by atoms with Crippen molar-refractivity contribution in [2.45, 2.75) is 19.1 Å². The zero-order valence-electron chi connectivity index (χ0n) is 16.5. The van der Waals surface area contributed by atoms with Gasteiger partial charge in [-0.05, 0) is 48.9 Å². The SMILES string of the molecule is CCOC(=O)c1ccc(C(N)c2ncncc2C#Cc2ccc(C(F)(F)F)cc2)cc1. The lowest BCUT2D eigenvalue weighted by atomic mass is 10.00. The highest BCUT2D eigenvalue weighted by Crippen LogP contribution is 2.29. The normalized spacial score (nSPS) is 11.9. The third-order valence-electron chi connectivity index (χ3n) is 4.37. The van der Waals surface area contributed by atoms with Crippen LogP contribution in [0.2, 0.25) is 0 Å². The van der Waals surface area contributed by atoms with Gasteiger partial charge < -0.3 is 10.5 Å². The van der Waals surface area contributed by atoms with Gasteiger partial charge in [0.2, 0.25) is 0 Å². The summed E-state index contributed by atoms with van der Waals surface area (Å²) >= 11 is 0. The van der Waals surface area contributed by atoms with Crippen LogP contribution < -0.4 is 5.73 Å². The maximum atomic E-state index is 12.7. The lowest BCUT2D eigenvalue weighted by Gasteiger charge is -2.13. The third kappa shape index (κ3) is 5.47. The Morgan fingerprint density at radius 3 is 2.39 bits per heavy atom. The van der Waals surface area contributed by atoms with Crippen molar-refractivity contribution in [3.05, 3.63) is 94.6 Å². The van der Waals surface area contributed by atoms with Gasteiger partial charge in [0, 0.05) is 11.8 Å². The number of ether oxygens (including phenoxy) is 1.